The lowest BCUT2D eigenvalue weighted by molar-refractivity contribution is -0.120. The van der Waals surface area contributed by atoms with Crippen LogP contribution in [0.15, 0.2) is 33.7 Å². The Morgan fingerprint density at radius 2 is 1.89 bits per heavy atom. The first-order chi connectivity index (χ1) is 13.2. The molecule has 154 valence electrons. The normalized spacial score (nSPS) is 12.5. The molecule has 0 aliphatic carbocycles. The molecule has 0 aliphatic heterocycles. The van der Waals surface area contributed by atoms with Gasteiger partial charge in [0.15, 0.2) is 10.7 Å². The van der Waals surface area contributed by atoms with Crippen molar-refractivity contribution in [1.29, 1.82) is 0 Å². The van der Waals surface area contributed by atoms with Gasteiger partial charge in [0.1, 0.15) is 18.0 Å². The molecule has 2 aromatic rings. The summed E-state index contributed by atoms with van der Waals surface area (Å²) in [7, 11) is -4.06. The summed E-state index contributed by atoms with van der Waals surface area (Å²) in [5.74, 6) is 0.402. The monoisotopic (exact) mass is 409 g/mol. The molecule has 0 aliphatic rings. The molecule has 1 heterocycles. The van der Waals surface area contributed by atoms with Gasteiger partial charge >= 0.3 is 0 Å². The zero-order chi connectivity index (χ0) is 20.9. The van der Waals surface area contributed by atoms with Crippen molar-refractivity contribution in [3.63, 3.8) is 0 Å². The van der Waals surface area contributed by atoms with Gasteiger partial charge < -0.3 is 14.6 Å². The summed E-state index contributed by atoms with van der Waals surface area (Å²) in [5, 5.41) is 6.54. The van der Waals surface area contributed by atoms with Crippen LogP contribution in [0.1, 0.15) is 38.6 Å². The zero-order valence-corrected chi connectivity index (χ0v) is 17.7. The van der Waals surface area contributed by atoms with Gasteiger partial charge in [-0.25, -0.2) is 8.42 Å². The largest absolute Gasteiger partial charge is 0.494 e. The molecular formula is C19H27N3O5S. The van der Waals surface area contributed by atoms with Crippen LogP contribution in [0.2, 0.25) is 0 Å². The van der Waals surface area contributed by atoms with Gasteiger partial charge in [0.25, 0.3) is 10.0 Å². The molecule has 1 atom stereocenters. The number of hydrogen-bond acceptors (Lipinski definition) is 6. The number of carbonyl (C=O) groups is 1. The first kappa shape index (κ1) is 21.7. The van der Waals surface area contributed by atoms with Crippen molar-refractivity contribution >= 4 is 21.6 Å². The highest BCUT2D eigenvalue weighted by atomic mass is 32.2. The number of aryl methyl sites for hydroxylation is 2. The number of hydrogen-bond donors (Lipinski definition) is 1. The van der Waals surface area contributed by atoms with Crippen LogP contribution in [0.5, 0.6) is 5.75 Å². The fourth-order valence-electron chi connectivity index (χ4n) is 2.70. The molecule has 0 fully saturated rings. The van der Waals surface area contributed by atoms with E-state index in [1.165, 1.54) is 6.92 Å². The molecule has 0 spiro atoms. The van der Waals surface area contributed by atoms with Crippen LogP contribution in [0.4, 0.5) is 5.69 Å². The van der Waals surface area contributed by atoms with E-state index in [2.05, 4.69) is 10.5 Å². The summed E-state index contributed by atoms with van der Waals surface area (Å²) < 4.78 is 38.2. The molecule has 28 heavy (non-hydrogen) atoms. The van der Waals surface area contributed by atoms with E-state index in [-0.39, 0.29) is 28.9 Å². The van der Waals surface area contributed by atoms with Gasteiger partial charge in [-0.05, 0) is 58.4 Å². The van der Waals surface area contributed by atoms with E-state index in [1.807, 2.05) is 20.8 Å². The Kier molecular flexibility index (Phi) is 7.06. The Balaban J connectivity index is 2.45. The molecule has 0 saturated heterocycles. The van der Waals surface area contributed by atoms with Crippen molar-refractivity contribution in [3.8, 4) is 5.75 Å². The highest BCUT2D eigenvalue weighted by molar-refractivity contribution is 7.93. The second-order valence-electron chi connectivity index (χ2n) is 6.47. The van der Waals surface area contributed by atoms with E-state index in [9.17, 15) is 13.2 Å². The summed E-state index contributed by atoms with van der Waals surface area (Å²) in [6, 6.07) is 6.49. The van der Waals surface area contributed by atoms with Crippen molar-refractivity contribution in [2.45, 2.75) is 52.0 Å². The molecule has 1 aromatic carbocycles. The Morgan fingerprint density at radius 3 is 2.39 bits per heavy atom. The predicted octanol–water partition coefficient (Wildman–Crippen LogP) is 2.80. The van der Waals surface area contributed by atoms with Crippen molar-refractivity contribution in [2.75, 3.05) is 17.5 Å². The molecule has 1 aromatic heterocycles. The van der Waals surface area contributed by atoms with Crippen molar-refractivity contribution in [2.24, 2.45) is 0 Å². The summed E-state index contributed by atoms with van der Waals surface area (Å²) >= 11 is 0. The summed E-state index contributed by atoms with van der Waals surface area (Å²) in [4.78, 5) is 12.4. The number of benzene rings is 1. The molecule has 0 bridgehead atoms. The van der Waals surface area contributed by atoms with Crippen molar-refractivity contribution in [1.82, 2.24) is 10.5 Å². The van der Waals surface area contributed by atoms with Crippen LogP contribution in [0.3, 0.4) is 0 Å². The maximum atomic E-state index is 13.4. The number of nitrogens with one attached hydrogen (secondary N) is 1. The van der Waals surface area contributed by atoms with Crippen molar-refractivity contribution in [3.05, 3.63) is 35.7 Å². The van der Waals surface area contributed by atoms with Crippen LogP contribution >= 0.6 is 0 Å². The minimum absolute atomic E-state index is 0.0299. The highest BCUT2D eigenvalue weighted by Crippen LogP contribution is 2.29. The average molecular weight is 410 g/mol. The second-order valence-corrected chi connectivity index (χ2v) is 8.27. The Morgan fingerprint density at radius 1 is 1.25 bits per heavy atom. The van der Waals surface area contributed by atoms with Gasteiger partial charge in [0.2, 0.25) is 5.91 Å². The highest BCUT2D eigenvalue weighted by Gasteiger charge is 2.33. The van der Waals surface area contributed by atoms with Gasteiger partial charge in [-0.15, -0.1) is 0 Å². The number of anilines is 1. The van der Waals surface area contributed by atoms with Crippen LogP contribution in [-0.4, -0.2) is 38.7 Å². The van der Waals surface area contributed by atoms with E-state index in [0.29, 0.717) is 18.0 Å². The van der Waals surface area contributed by atoms with Gasteiger partial charge in [-0.3, -0.25) is 9.10 Å². The third-order valence-corrected chi connectivity index (χ3v) is 6.28. The van der Waals surface area contributed by atoms with Gasteiger partial charge in [0, 0.05) is 6.04 Å². The number of nitrogens with zero attached hydrogens (tertiary/aromatic N) is 2. The van der Waals surface area contributed by atoms with Crippen LogP contribution < -0.4 is 14.4 Å². The summed E-state index contributed by atoms with van der Waals surface area (Å²) in [6.07, 6.45) is 0.741. The van der Waals surface area contributed by atoms with Gasteiger partial charge in [0.05, 0.1) is 12.3 Å². The first-order valence-electron chi connectivity index (χ1n) is 9.18. The smallest absolute Gasteiger partial charge is 0.270 e. The number of ether oxygens (including phenoxy) is 1. The van der Waals surface area contributed by atoms with E-state index in [0.717, 1.165) is 10.7 Å². The molecule has 2 rings (SSSR count). The molecule has 1 amide bonds. The molecule has 1 N–H and O–H groups in total. The first-order valence-corrected chi connectivity index (χ1v) is 10.6. The molecule has 0 saturated carbocycles. The predicted molar refractivity (Wildman–Crippen MR) is 106 cm³/mol. The summed E-state index contributed by atoms with van der Waals surface area (Å²) in [6.45, 7) is 8.89. The minimum atomic E-state index is -4.06. The topological polar surface area (TPSA) is 102 Å². The van der Waals surface area contributed by atoms with Crippen LogP contribution in [-0.2, 0) is 14.8 Å². The molecule has 9 heteroatoms. The molecule has 0 radical (unpaired) electrons. The van der Waals surface area contributed by atoms with E-state index in [1.54, 1.807) is 31.2 Å². The third kappa shape index (κ3) is 4.83. The third-order valence-electron chi connectivity index (χ3n) is 4.26. The van der Waals surface area contributed by atoms with Crippen LogP contribution in [0.25, 0.3) is 0 Å². The number of rotatable bonds is 9. The van der Waals surface area contributed by atoms with Gasteiger partial charge in [-0.2, -0.15) is 0 Å². The Hall–Kier alpha value is -2.55. The number of aromatic nitrogens is 1. The average Bonchev–Trinajstić information content (AvgIpc) is 2.99. The number of amides is 1. The SMILES string of the molecule is CCOc1ccc(N(CC(=O)N[C@H](C)CC)S(=O)(=O)c2c(C)noc2C)cc1. The number of carbonyl (C=O) groups excluding carboxylic acids is 1. The molecule has 0 unspecified atom stereocenters. The lowest BCUT2D eigenvalue weighted by Crippen LogP contribution is -2.43. The minimum Gasteiger partial charge on any atom is -0.494 e. The lowest BCUT2D eigenvalue weighted by atomic mass is 10.2. The Bertz CT molecular complexity index is 887. The van der Waals surface area contributed by atoms with Crippen molar-refractivity contribution < 1.29 is 22.5 Å². The van der Waals surface area contributed by atoms with E-state index < -0.39 is 15.9 Å². The Labute approximate surface area is 165 Å². The number of sulfonamides is 1. The fraction of sp³-hybridized carbons (Fsp3) is 0.474. The van der Waals surface area contributed by atoms with Gasteiger partial charge in [-0.1, -0.05) is 12.1 Å². The summed E-state index contributed by atoms with van der Waals surface area (Å²) in [5.41, 5.74) is 0.596. The zero-order valence-electron chi connectivity index (χ0n) is 16.9. The molecular weight excluding hydrogens is 382 g/mol. The standard InChI is InChI=1S/C19H27N3O5S/c1-6-13(3)20-18(23)12-22(16-8-10-17(11-9-16)26-7-2)28(24,25)19-14(4)21-27-15(19)5/h8-11,13H,6-7,12H2,1-5H3,(H,20,23)/t13-/m1/s1. The quantitative estimate of drug-likeness (QED) is 0.683. The van der Waals surface area contributed by atoms with E-state index in [4.69, 9.17) is 9.26 Å². The van der Waals surface area contributed by atoms with Crippen LogP contribution in [0, 0.1) is 13.8 Å². The maximum absolute atomic E-state index is 13.4. The maximum Gasteiger partial charge on any atom is 0.270 e. The lowest BCUT2D eigenvalue weighted by Gasteiger charge is -2.25. The van der Waals surface area contributed by atoms with E-state index >= 15 is 0 Å². The molecule has 8 nitrogen and oxygen atoms in total. The second kappa shape index (κ2) is 9.09. The fourth-order valence-corrected chi connectivity index (χ4v) is 4.41.